The monoisotopic (exact) mass is 222 g/mol. The van der Waals surface area contributed by atoms with Crippen LogP contribution < -0.4 is 0 Å². The minimum Gasteiger partial charge on any atom is -0.457 e. The van der Waals surface area contributed by atoms with E-state index in [4.69, 9.17) is 0 Å². The zero-order chi connectivity index (χ0) is 11.4. The minimum atomic E-state index is -4.59. The number of hydrogen-bond acceptors (Lipinski definition) is 3. The smallest absolute Gasteiger partial charge is 0.394 e. The third kappa shape index (κ3) is 5.68. The van der Waals surface area contributed by atoms with Gasteiger partial charge in [0.15, 0.2) is 13.3 Å². The van der Waals surface area contributed by atoms with Crippen molar-refractivity contribution < 1.29 is 36.2 Å². The first kappa shape index (κ1) is 13.1. The molecule has 0 aromatic carbocycles. The van der Waals surface area contributed by atoms with E-state index in [2.05, 4.69) is 9.47 Å². The Balaban J connectivity index is 4.12. The first-order valence-corrected chi connectivity index (χ1v) is 3.34. The lowest BCUT2D eigenvalue weighted by Gasteiger charge is -2.20. The van der Waals surface area contributed by atoms with Gasteiger partial charge in [-0.15, -0.1) is 0 Å². The van der Waals surface area contributed by atoms with Gasteiger partial charge in [-0.1, -0.05) is 0 Å². The van der Waals surface area contributed by atoms with E-state index in [1.807, 2.05) is 0 Å². The second kappa shape index (κ2) is 4.54. The van der Waals surface area contributed by atoms with Crippen LogP contribution in [0.1, 0.15) is 6.92 Å². The van der Waals surface area contributed by atoms with E-state index in [1.165, 1.54) is 0 Å². The molecule has 0 amide bonds. The Bertz CT molecular complexity index is 206. The highest BCUT2D eigenvalue weighted by atomic mass is 19.3. The molecule has 14 heavy (non-hydrogen) atoms. The van der Waals surface area contributed by atoms with Gasteiger partial charge in [-0.25, -0.2) is 4.39 Å². The molecular weight excluding hydrogens is 215 g/mol. The van der Waals surface area contributed by atoms with Gasteiger partial charge in [0.2, 0.25) is 0 Å². The van der Waals surface area contributed by atoms with Crippen LogP contribution in [0.5, 0.6) is 0 Å². The number of halogens is 5. The summed E-state index contributed by atoms with van der Waals surface area (Å²) in [7, 11) is 0. The second-order valence-electron chi connectivity index (χ2n) is 2.29. The van der Waals surface area contributed by atoms with E-state index in [0.717, 1.165) is 6.92 Å². The Kier molecular flexibility index (Phi) is 4.24. The van der Waals surface area contributed by atoms with Crippen LogP contribution >= 0.6 is 0 Å². The molecular formula is C6H7F5O3. The maximum Gasteiger partial charge on any atom is 0.394 e. The summed E-state index contributed by atoms with van der Waals surface area (Å²) in [6.45, 7) is -3.26. The summed E-state index contributed by atoms with van der Waals surface area (Å²) in [6.07, 6.45) is -9.01. The van der Waals surface area contributed by atoms with E-state index in [1.54, 1.807) is 0 Å². The normalized spacial score (nSPS) is 12.7. The molecule has 84 valence electrons. The number of carbonyl (C=O) groups excluding carboxylic acids is 1. The number of alkyl halides is 5. The predicted molar refractivity (Wildman–Crippen MR) is 33.6 cm³/mol. The molecule has 0 atom stereocenters. The van der Waals surface area contributed by atoms with Crippen LogP contribution in [-0.2, 0) is 14.3 Å². The van der Waals surface area contributed by atoms with E-state index in [9.17, 15) is 26.7 Å². The molecule has 0 radical (unpaired) electrons. The SMILES string of the molecule is CC(=O)OCC(F)(F)OC(F)(F)CF. The first-order chi connectivity index (χ1) is 6.18. The molecule has 3 nitrogen and oxygen atoms in total. The molecule has 0 bridgehead atoms. The van der Waals surface area contributed by atoms with Crippen molar-refractivity contribution in [1.82, 2.24) is 0 Å². The molecule has 0 unspecified atom stereocenters. The third-order valence-electron chi connectivity index (χ3n) is 0.898. The zero-order valence-electron chi connectivity index (χ0n) is 7.03. The molecule has 0 aliphatic rings. The van der Waals surface area contributed by atoms with Crippen molar-refractivity contribution >= 4 is 5.97 Å². The summed E-state index contributed by atoms with van der Waals surface area (Å²) in [4.78, 5) is 10.1. The fourth-order valence-electron chi connectivity index (χ4n) is 0.461. The van der Waals surface area contributed by atoms with Gasteiger partial charge in [0.05, 0.1) is 0 Å². The summed E-state index contributed by atoms with van der Waals surface area (Å²) in [5.41, 5.74) is 0. The van der Waals surface area contributed by atoms with Crippen molar-refractivity contribution in [3.63, 3.8) is 0 Å². The Morgan fingerprint density at radius 1 is 1.21 bits per heavy atom. The average Bonchev–Trinajstić information content (AvgIpc) is 1.99. The van der Waals surface area contributed by atoms with Crippen LogP contribution in [0.4, 0.5) is 22.0 Å². The number of rotatable bonds is 5. The number of esters is 1. The van der Waals surface area contributed by atoms with E-state index < -0.39 is 31.5 Å². The highest BCUT2D eigenvalue weighted by Gasteiger charge is 2.45. The third-order valence-corrected chi connectivity index (χ3v) is 0.898. The maximum atomic E-state index is 12.3. The van der Waals surface area contributed by atoms with E-state index in [-0.39, 0.29) is 0 Å². The zero-order valence-corrected chi connectivity index (χ0v) is 7.03. The number of hydrogen-bond donors (Lipinski definition) is 0. The molecule has 0 aromatic rings. The maximum absolute atomic E-state index is 12.3. The molecule has 0 N–H and O–H groups in total. The molecule has 0 fully saturated rings. The van der Waals surface area contributed by atoms with Crippen molar-refractivity contribution in [2.45, 2.75) is 19.1 Å². The van der Waals surface area contributed by atoms with Gasteiger partial charge < -0.3 is 4.74 Å². The van der Waals surface area contributed by atoms with Crippen molar-refractivity contribution in [3.05, 3.63) is 0 Å². The predicted octanol–water partition coefficient (Wildman–Crippen LogP) is 1.72. The highest BCUT2D eigenvalue weighted by Crippen LogP contribution is 2.27. The summed E-state index contributed by atoms with van der Waals surface area (Å²) >= 11 is 0. The Hall–Kier alpha value is -0.920. The number of ether oxygens (including phenoxy) is 2. The molecule has 0 aliphatic carbocycles. The van der Waals surface area contributed by atoms with Gasteiger partial charge in [0.25, 0.3) is 0 Å². The van der Waals surface area contributed by atoms with E-state index in [0.29, 0.717) is 0 Å². The quantitative estimate of drug-likeness (QED) is 0.524. The minimum absolute atomic E-state index is 0.809. The van der Waals surface area contributed by atoms with Gasteiger partial charge in [-0.05, 0) is 0 Å². The van der Waals surface area contributed by atoms with Gasteiger partial charge in [-0.2, -0.15) is 17.6 Å². The van der Waals surface area contributed by atoms with Crippen LogP contribution in [0, 0.1) is 0 Å². The van der Waals surface area contributed by atoms with Gasteiger partial charge >= 0.3 is 18.2 Å². The second-order valence-corrected chi connectivity index (χ2v) is 2.29. The molecule has 0 spiro atoms. The molecule has 0 heterocycles. The Labute approximate surface area is 75.8 Å². The highest BCUT2D eigenvalue weighted by molar-refractivity contribution is 5.65. The van der Waals surface area contributed by atoms with Crippen LogP contribution in [0.2, 0.25) is 0 Å². The molecule has 0 saturated carbocycles. The Morgan fingerprint density at radius 2 is 1.71 bits per heavy atom. The topological polar surface area (TPSA) is 35.5 Å². The number of carbonyl (C=O) groups is 1. The van der Waals surface area contributed by atoms with Gasteiger partial charge in [0, 0.05) is 6.92 Å². The largest absolute Gasteiger partial charge is 0.457 e. The summed E-state index contributed by atoms with van der Waals surface area (Å²) in [6, 6.07) is 0. The summed E-state index contributed by atoms with van der Waals surface area (Å²) in [5, 5.41) is 0. The van der Waals surface area contributed by atoms with Crippen LogP contribution in [0.25, 0.3) is 0 Å². The van der Waals surface area contributed by atoms with Crippen molar-refractivity contribution in [3.8, 4) is 0 Å². The van der Waals surface area contributed by atoms with Crippen LogP contribution in [-0.4, -0.2) is 31.5 Å². The molecule has 0 saturated heterocycles. The lowest BCUT2D eigenvalue weighted by Crippen LogP contribution is -2.38. The van der Waals surface area contributed by atoms with E-state index >= 15 is 0 Å². The molecule has 0 rings (SSSR count). The molecule has 8 heteroatoms. The molecule has 0 aromatic heterocycles. The van der Waals surface area contributed by atoms with Crippen LogP contribution in [0.3, 0.4) is 0 Å². The van der Waals surface area contributed by atoms with Gasteiger partial charge in [0.1, 0.15) is 0 Å². The van der Waals surface area contributed by atoms with Crippen molar-refractivity contribution in [2.24, 2.45) is 0 Å². The standard InChI is InChI=1S/C6H7F5O3/c1-4(12)13-3-6(10,11)14-5(8,9)2-7/h2-3H2,1H3. The first-order valence-electron chi connectivity index (χ1n) is 3.34. The Morgan fingerprint density at radius 3 is 2.07 bits per heavy atom. The summed E-state index contributed by atoms with van der Waals surface area (Å²) in [5.74, 6) is -1.09. The fraction of sp³-hybridized carbons (Fsp3) is 0.833. The summed E-state index contributed by atoms with van der Waals surface area (Å²) < 4.78 is 66.5. The average molecular weight is 222 g/mol. The van der Waals surface area contributed by atoms with Gasteiger partial charge in [-0.3, -0.25) is 9.53 Å². The lowest BCUT2D eigenvalue weighted by molar-refractivity contribution is -0.384. The van der Waals surface area contributed by atoms with Crippen LogP contribution in [0.15, 0.2) is 0 Å². The molecule has 0 aliphatic heterocycles. The van der Waals surface area contributed by atoms with Crippen molar-refractivity contribution in [1.29, 1.82) is 0 Å². The van der Waals surface area contributed by atoms with Crippen molar-refractivity contribution in [2.75, 3.05) is 13.3 Å². The lowest BCUT2D eigenvalue weighted by atomic mass is 10.6. The fourth-order valence-corrected chi connectivity index (χ4v) is 0.461.